The number of carbonyl (C=O) groups is 2. The van der Waals surface area contributed by atoms with Gasteiger partial charge in [0.25, 0.3) is 5.91 Å². The lowest BCUT2D eigenvalue weighted by Gasteiger charge is -2.23. The summed E-state index contributed by atoms with van der Waals surface area (Å²) in [6, 6.07) is 28.3. The molecule has 0 aliphatic carbocycles. The van der Waals surface area contributed by atoms with Crippen molar-refractivity contribution in [1.29, 1.82) is 0 Å². The van der Waals surface area contributed by atoms with E-state index in [1.165, 1.54) is 0 Å². The average Bonchev–Trinajstić information content (AvgIpc) is 2.90. The van der Waals surface area contributed by atoms with Gasteiger partial charge in [0.1, 0.15) is 5.75 Å². The molecular weight excluding hydrogens is 470 g/mol. The number of benzene rings is 4. The number of rotatable bonds is 7. The number of ether oxygens (including phenoxy) is 1. The average molecular weight is 498 g/mol. The molecule has 0 aliphatic heterocycles. The smallest absolute Gasteiger partial charge is 0.258 e. The number of nitrogens with one attached hydrogen (secondary N) is 2. The van der Waals surface area contributed by atoms with Gasteiger partial charge in [-0.3, -0.25) is 9.59 Å². The first kappa shape index (κ1) is 24.9. The molecule has 7 heteroatoms. The van der Waals surface area contributed by atoms with Gasteiger partial charge in [0.05, 0.1) is 19.2 Å². The molecule has 0 aromatic heterocycles. The van der Waals surface area contributed by atoms with Crippen molar-refractivity contribution in [2.75, 3.05) is 23.9 Å². The van der Waals surface area contributed by atoms with Crippen molar-refractivity contribution in [3.05, 3.63) is 102 Å². The van der Waals surface area contributed by atoms with Crippen molar-refractivity contribution in [2.24, 2.45) is 0 Å². The molecule has 0 fully saturated rings. The van der Waals surface area contributed by atoms with Crippen LogP contribution in [0.3, 0.4) is 0 Å². The normalized spacial score (nSPS) is 10.5. The van der Waals surface area contributed by atoms with Crippen LogP contribution in [0.25, 0.3) is 10.8 Å². The van der Waals surface area contributed by atoms with Gasteiger partial charge in [0, 0.05) is 23.2 Å². The van der Waals surface area contributed by atoms with Crippen LogP contribution in [0.5, 0.6) is 5.75 Å². The first-order chi connectivity index (χ1) is 17.5. The van der Waals surface area contributed by atoms with Gasteiger partial charge in [-0.05, 0) is 72.6 Å². The predicted molar refractivity (Wildman–Crippen MR) is 149 cm³/mol. The van der Waals surface area contributed by atoms with Gasteiger partial charge in [0.2, 0.25) is 5.91 Å². The van der Waals surface area contributed by atoms with Crippen LogP contribution in [0.4, 0.5) is 11.4 Å². The van der Waals surface area contributed by atoms with E-state index in [1.807, 2.05) is 73.7 Å². The van der Waals surface area contributed by atoms with Crippen LogP contribution in [0.15, 0.2) is 91.0 Å². The fraction of sp³-hybridized carbons (Fsp3) is 0.138. The first-order valence-electron chi connectivity index (χ1n) is 11.6. The van der Waals surface area contributed by atoms with Crippen LogP contribution in [-0.2, 0) is 11.2 Å². The van der Waals surface area contributed by atoms with Gasteiger partial charge in [-0.25, -0.2) is 0 Å². The van der Waals surface area contributed by atoms with E-state index in [1.54, 1.807) is 36.3 Å². The maximum absolute atomic E-state index is 13.3. The van der Waals surface area contributed by atoms with Gasteiger partial charge in [0.15, 0.2) is 5.11 Å². The van der Waals surface area contributed by atoms with Crippen LogP contribution < -0.4 is 20.3 Å². The van der Waals surface area contributed by atoms with Gasteiger partial charge in [-0.1, -0.05) is 48.5 Å². The lowest BCUT2D eigenvalue weighted by atomic mass is 10.1. The highest BCUT2D eigenvalue weighted by Gasteiger charge is 2.18. The van der Waals surface area contributed by atoms with Crippen molar-refractivity contribution in [3.63, 3.8) is 0 Å². The lowest BCUT2D eigenvalue weighted by molar-refractivity contribution is -0.119. The fourth-order valence-corrected chi connectivity index (χ4v) is 4.21. The van der Waals surface area contributed by atoms with Crippen molar-refractivity contribution in [2.45, 2.75) is 13.3 Å². The monoisotopic (exact) mass is 497 g/mol. The molecule has 6 nitrogen and oxygen atoms in total. The van der Waals surface area contributed by atoms with E-state index in [0.717, 1.165) is 27.8 Å². The third-order valence-electron chi connectivity index (χ3n) is 5.79. The third kappa shape index (κ3) is 5.87. The van der Waals surface area contributed by atoms with E-state index in [4.69, 9.17) is 17.0 Å². The molecule has 0 heterocycles. The Morgan fingerprint density at radius 3 is 2.28 bits per heavy atom. The van der Waals surface area contributed by atoms with E-state index >= 15 is 0 Å². The molecule has 0 spiro atoms. The zero-order valence-corrected chi connectivity index (χ0v) is 21.0. The Balaban J connectivity index is 1.38. The number of hydrogen-bond acceptors (Lipinski definition) is 4. The van der Waals surface area contributed by atoms with Gasteiger partial charge in [-0.15, -0.1) is 0 Å². The number of methoxy groups -OCH3 is 1. The molecule has 4 aromatic rings. The van der Waals surface area contributed by atoms with E-state index in [9.17, 15) is 9.59 Å². The largest absolute Gasteiger partial charge is 0.497 e. The summed E-state index contributed by atoms with van der Waals surface area (Å²) < 4.78 is 5.13. The number of fused-ring (bicyclic) bond motifs is 1. The van der Waals surface area contributed by atoms with Gasteiger partial charge < -0.3 is 20.3 Å². The number of anilines is 2. The molecule has 0 bridgehead atoms. The second-order valence-corrected chi connectivity index (χ2v) is 8.56. The zero-order chi connectivity index (χ0) is 25.5. The molecule has 0 saturated carbocycles. The lowest BCUT2D eigenvalue weighted by Crippen LogP contribution is -2.35. The molecule has 0 radical (unpaired) electrons. The van der Waals surface area contributed by atoms with Crippen LogP contribution in [0, 0.1) is 0 Å². The molecule has 182 valence electrons. The minimum absolute atomic E-state index is 0.0872. The van der Waals surface area contributed by atoms with Crippen molar-refractivity contribution < 1.29 is 14.3 Å². The zero-order valence-electron chi connectivity index (χ0n) is 20.2. The topological polar surface area (TPSA) is 70.7 Å². The van der Waals surface area contributed by atoms with Gasteiger partial charge in [-0.2, -0.15) is 0 Å². The van der Waals surface area contributed by atoms with Crippen LogP contribution in [0.1, 0.15) is 22.8 Å². The molecule has 0 aliphatic rings. The van der Waals surface area contributed by atoms with Crippen LogP contribution in [-0.4, -0.2) is 30.6 Å². The van der Waals surface area contributed by atoms with Crippen LogP contribution in [0.2, 0.25) is 0 Å². The SMILES string of the molecule is CCN(C(=O)c1ccc(NC(=S)NC(=O)Cc2ccc(OC)cc2)cc1)c1cccc2ccccc12. The van der Waals surface area contributed by atoms with E-state index in [2.05, 4.69) is 10.6 Å². The molecule has 2 amide bonds. The summed E-state index contributed by atoms with van der Waals surface area (Å²) in [6.07, 6.45) is 0.195. The number of amides is 2. The Labute approximate surface area is 215 Å². The quantitative estimate of drug-likeness (QED) is 0.327. The Kier molecular flexibility index (Phi) is 7.92. The highest BCUT2D eigenvalue weighted by atomic mass is 32.1. The molecule has 4 rings (SSSR count). The minimum atomic E-state index is -0.224. The maximum atomic E-state index is 13.3. The highest BCUT2D eigenvalue weighted by Crippen LogP contribution is 2.28. The van der Waals surface area contributed by atoms with Gasteiger partial charge >= 0.3 is 0 Å². The summed E-state index contributed by atoms with van der Waals surface area (Å²) in [6.45, 7) is 2.50. The Morgan fingerprint density at radius 1 is 0.889 bits per heavy atom. The predicted octanol–water partition coefficient (Wildman–Crippen LogP) is 5.57. The summed E-state index contributed by atoms with van der Waals surface area (Å²) in [5, 5.41) is 7.99. The molecule has 0 unspecified atom stereocenters. The summed E-state index contributed by atoms with van der Waals surface area (Å²) in [5.74, 6) is 0.423. The molecule has 4 aromatic carbocycles. The molecule has 0 saturated heterocycles. The number of thiocarbonyl (C=S) groups is 1. The number of carbonyl (C=O) groups excluding carboxylic acids is 2. The Hall–Kier alpha value is -4.23. The third-order valence-corrected chi connectivity index (χ3v) is 5.99. The molecule has 36 heavy (non-hydrogen) atoms. The Bertz CT molecular complexity index is 1380. The molecular formula is C29H27N3O3S. The number of hydrogen-bond donors (Lipinski definition) is 2. The second-order valence-electron chi connectivity index (χ2n) is 8.15. The summed E-state index contributed by atoms with van der Waals surface area (Å²) in [7, 11) is 1.60. The number of nitrogens with zero attached hydrogens (tertiary/aromatic N) is 1. The maximum Gasteiger partial charge on any atom is 0.258 e. The van der Waals surface area contributed by atoms with Crippen molar-refractivity contribution in [1.82, 2.24) is 5.32 Å². The Morgan fingerprint density at radius 2 is 1.58 bits per heavy atom. The minimum Gasteiger partial charge on any atom is -0.497 e. The van der Waals surface area contributed by atoms with Crippen molar-refractivity contribution in [3.8, 4) is 5.75 Å². The molecule has 0 atom stereocenters. The summed E-state index contributed by atoms with van der Waals surface area (Å²) in [4.78, 5) is 27.4. The van der Waals surface area contributed by atoms with E-state index < -0.39 is 0 Å². The van der Waals surface area contributed by atoms with Crippen molar-refractivity contribution >= 4 is 51.3 Å². The molecule has 2 N–H and O–H groups in total. The van der Waals surface area contributed by atoms with E-state index in [0.29, 0.717) is 17.8 Å². The summed E-state index contributed by atoms with van der Waals surface area (Å²) >= 11 is 5.28. The van der Waals surface area contributed by atoms with E-state index in [-0.39, 0.29) is 23.3 Å². The van der Waals surface area contributed by atoms with Crippen LogP contribution >= 0.6 is 12.2 Å². The second kappa shape index (κ2) is 11.5. The highest BCUT2D eigenvalue weighted by molar-refractivity contribution is 7.80. The first-order valence-corrected chi connectivity index (χ1v) is 12.0. The fourth-order valence-electron chi connectivity index (χ4n) is 3.98. The standard InChI is InChI=1S/C29H27N3O3S/c1-3-32(26-10-6-8-21-7-4-5-9-25(21)26)28(34)22-13-15-23(16-14-22)30-29(36)31-27(33)19-20-11-17-24(35-2)18-12-20/h4-18H,3,19H2,1-2H3,(H2,30,31,33,36). The summed E-state index contributed by atoms with van der Waals surface area (Å²) in [5.41, 5.74) is 2.97.